The third-order valence-corrected chi connectivity index (χ3v) is 4.08. The molecule has 0 saturated carbocycles. The molecule has 0 radical (unpaired) electrons. The zero-order chi connectivity index (χ0) is 17.1. The van der Waals surface area contributed by atoms with E-state index in [0.717, 1.165) is 11.4 Å². The van der Waals surface area contributed by atoms with Gasteiger partial charge >= 0.3 is 0 Å². The summed E-state index contributed by atoms with van der Waals surface area (Å²) in [6.45, 7) is 4.48. The van der Waals surface area contributed by atoms with Crippen molar-refractivity contribution in [3.63, 3.8) is 0 Å². The summed E-state index contributed by atoms with van der Waals surface area (Å²) in [5.74, 6) is 0.776. The van der Waals surface area contributed by atoms with E-state index >= 15 is 0 Å². The van der Waals surface area contributed by atoms with Gasteiger partial charge in [0.1, 0.15) is 12.1 Å². The molecule has 1 fully saturated rings. The first-order chi connectivity index (χ1) is 11.6. The summed E-state index contributed by atoms with van der Waals surface area (Å²) >= 11 is 0. The molecule has 0 aliphatic carbocycles. The van der Waals surface area contributed by atoms with Crippen molar-refractivity contribution in [2.45, 2.75) is 6.92 Å². The van der Waals surface area contributed by atoms with Crippen molar-refractivity contribution in [2.24, 2.45) is 0 Å². The van der Waals surface area contributed by atoms with Gasteiger partial charge in [-0.15, -0.1) is 0 Å². The van der Waals surface area contributed by atoms with Crippen molar-refractivity contribution in [3.05, 3.63) is 52.2 Å². The maximum absolute atomic E-state index is 12.5. The third-order valence-electron chi connectivity index (χ3n) is 4.08. The second kappa shape index (κ2) is 6.74. The molecule has 0 unspecified atom stereocenters. The first-order valence-corrected chi connectivity index (χ1v) is 7.73. The molecule has 2 aromatic rings. The monoisotopic (exact) mass is 329 g/mol. The molecule has 24 heavy (non-hydrogen) atoms. The molecule has 7 nitrogen and oxygen atoms in total. The van der Waals surface area contributed by atoms with Crippen LogP contribution >= 0.6 is 0 Å². The quantitative estimate of drug-likeness (QED) is 0.845. The summed E-state index contributed by atoms with van der Waals surface area (Å²) in [4.78, 5) is 32.5. The molecule has 1 amide bonds. The first-order valence-electron chi connectivity index (χ1n) is 7.73. The van der Waals surface area contributed by atoms with Gasteiger partial charge in [0, 0.05) is 38.4 Å². The summed E-state index contributed by atoms with van der Waals surface area (Å²) < 4.78 is 10.1. The maximum atomic E-state index is 12.5. The normalized spacial score (nSPS) is 14.6. The summed E-state index contributed by atoms with van der Waals surface area (Å²) in [6, 6.07) is 5.10. The lowest BCUT2D eigenvalue weighted by atomic mass is 10.2. The fourth-order valence-electron chi connectivity index (χ4n) is 2.75. The number of rotatable bonds is 3. The Morgan fingerprint density at radius 3 is 2.67 bits per heavy atom. The molecule has 1 aliphatic rings. The van der Waals surface area contributed by atoms with Crippen molar-refractivity contribution in [1.29, 1.82) is 0 Å². The Balaban J connectivity index is 1.68. The average molecular weight is 329 g/mol. The minimum absolute atomic E-state index is 0.0308. The van der Waals surface area contributed by atoms with Crippen molar-refractivity contribution < 1.29 is 13.9 Å². The van der Waals surface area contributed by atoms with Gasteiger partial charge in [0.25, 0.3) is 5.91 Å². The number of hydrogen-bond acceptors (Lipinski definition) is 6. The fraction of sp³-hybridized carbons (Fsp3) is 0.353. The van der Waals surface area contributed by atoms with E-state index in [0.29, 0.717) is 26.2 Å². The molecule has 0 atom stereocenters. The van der Waals surface area contributed by atoms with Crippen molar-refractivity contribution in [1.82, 2.24) is 9.88 Å². The Morgan fingerprint density at radius 2 is 2.04 bits per heavy atom. The Bertz CT molecular complexity index is 794. The molecule has 1 saturated heterocycles. The molecule has 7 heteroatoms. The lowest BCUT2D eigenvalue weighted by Crippen LogP contribution is -2.49. The number of aryl methyl sites for hydroxylation is 1. The number of piperazine rings is 1. The van der Waals surface area contributed by atoms with E-state index < -0.39 is 0 Å². The number of ether oxygens (including phenoxy) is 1. The predicted molar refractivity (Wildman–Crippen MR) is 88.6 cm³/mol. The highest BCUT2D eigenvalue weighted by Gasteiger charge is 2.25. The topological polar surface area (TPSA) is 75.9 Å². The zero-order valence-corrected chi connectivity index (χ0v) is 13.7. The lowest BCUT2D eigenvalue weighted by molar-refractivity contribution is 0.0711. The Labute approximate surface area is 139 Å². The van der Waals surface area contributed by atoms with Gasteiger partial charge in [-0.1, -0.05) is 6.07 Å². The van der Waals surface area contributed by atoms with E-state index in [1.807, 2.05) is 19.1 Å². The second-order valence-electron chi connectivity index (χ2n) is 5.60. The van der Waals surface area contributed by atoms with Crippen LogP contribution in [-0.2, 0) is 0 Å². The molecule has 0 bridgehead atoms. The molecule has 126 valence electrons. The highest BCUT2D eigenvalue weighted by Crippen LogP contribution is 2.18. The standard InChI is InChI=1S/C17H19N3O4/c1-12-4-3-5-18-16(12)19-6-8-20(9-7-19)17(22)14-10-13(21)15(23-2)11-24-14/h3-5,10-11H,6-9H2,1-2H3. The van der Waals surface area contributed by atoms with E-state index in [4.69, 9.17) is 9.15 Å². The van der Waals surface area contributed by atoms with Crippen molar-refractivity contribution in [3.8, 4) is 5.75 Å². The van der Waals surface area contributed by atoms with Gasteiger partial charge in [0.2, 0.25) is 11.2 Å². The lowest BCUT2D eigenvalue weighted by Gasteiger charge is -2.35. The number of amides is 1. The Morgan fingerprint density at radius 1 is 1.29 bits per heavy atom. The number of pyridine rings is 1. The minimum Gasteiger partial charge on any atom is -0.490 e. The predicted octanol–water partition coefficient (Wildman–Crippen LogP) is 1.31. The van der Waals surface area contributed by atoms with Crippen LogP contribution in [0.2, 0.25) is 0 Å². The van der Waals surface area contributed by atoms with Gasteiger partial charge in [-0.2, -0.15) is 0 Å². The van der Waals surface area contributed by atoms with Gasteiger partial charge in [-0.25, -0.2) is 4.98 Å². The number of aromatic nitrogens is 1. The van der Waals surface area contributed by atoms with Gasteiger partial charge in [0.05, 0.1) is 7.11 Å². The molecular formula is C17H19N3O4. The summed E-state index contributed by atoms with van der Waals surface area (Å²) in [6.07, 6.45) is 2.94. The van der Waals surface area contributed by atoms with Crippen LogP contribution in [0.15, 0.2) is 39.9 Å². The van der Waals surface area contributed by atoms with Crippen LogP contribution < -0.4 is 15.1 Å². The van der Waals surface area contributed by atoms with Crippen LogP contribution in [0.1, 0.15) is 16.1 Å². The van der Waals surface area contributed by atoms with E-state index in [9.17, 15) is 9.59 Å². The second-order valence-corrected chi connectivity index (χ2v) is 5.60. The summed E-state index contributed by atoms with van der Waals surface area (Å²) in [5, 5.41) is 0. The largest absolute Gasteiger partial charge is 0.490 e. The molecule has 0 spiro atoms. The maximum Gasteiger partial charge on any atom is 0.289 e. The smallest absolute Gasteiger partial charge is 0.289 e. The number of anilines is 1. The first kappa shape index (κ1) is 16.0. The number of hydrogen-bond donors (Lipinski definition) is 0. The highest BCUT2D eigenvalue weighted by molar-refractivity contribution is 5.91. The van der Waals surface area contributed by atoms with E-state index in [-0.39, 0.29) is 22.8 Å². The van der Waals surface area contributed by atoms with Gasteiger partial charge < -0.3 is 19.0 Å². The minimum atomic E-state index is -0.366. The third kappa shape index (κ3) is 3.10. The molecule has 3 heterocycles. The molecule has 1 aliphatic heterocycles. The molecule has 0 N–H and O–H groups in total. The van der Waals surface area contributed by atoms with Gasteiger partial charge in [-0.3, -0.25) is 9.59 Å². The van der Waals surface area contributed by atoms with E-state index in [1.165, 1.54) is 19.4 Å². The van der Waals surface area contributed by atoms with Crippen molar-refractivity contribution >= 4 is 11.7 Å². The summed E-state index contributed by atoms with van der Waals surface area (Å²) in [5.41, 5.74) is 0.744. The summed E-state index contributed by atoms with van der Waals surface area (Å²) in [7, 11) is 1.38. The van der Waals surface area contributed by atoms with Crippen LogP contribution in [0.25, 0.3) is 0 Å². The number of nitrogens with zero attached hydrogens (tertiary/aromatic N) is 3. The Kier molecular flexibility index (Phi) is 4.50. The highest BCUT2D eigenvalue weighted by atomic mass is 16.5. The van der Waals surface area contributed by atoms with Crippen molar-refractivity contribution in [2.75, 3.05) is 38.2 Å². The van der Waals surface area contributed by atoms with E-state index in [2.05, 4.69) is 9.88 Å². The average Bonchev–Trinajstić information content (AvgIpc) is 2.61. The fourth-order valence-corrected chi connectivity index (χ4v) is 2.75. The van der Waals surface area contributed by atoms with Gasteiger partial charge in [-0.05, 0) is 18.6 Å². The van der Waals surface area contributed by atoms with Crippen LogP contribution in [0, 0.1) is 6.92 Å². The zero-order valence-electron chi connectivity index (χ0n) is 13.7. The van der Waals surface area contributed by atoms with Crippen LogP contribution in [-0.4, -0.2) is 49.1 Å². The van der Waals surface area contributed by atoms with Crippen LogP contribution in [0.3, 0.4) is 0 Å². The molecule has 2 aromatic heterocycles. The molecular weight excluding hydrogens is 310 g/mol. The number of carbonyl (C=O) groups is 1. The Hall–Kier alpha value is -2.83. The van der Waals surface area contributed by atoms with E-state index in [1.54, 1.807) is 11.1 Å². The van der Waals surface area contributed by atoms with Gasteiger partial charge in [0.15, 0.2) is 5.76 Å². The number of carbonyl (C=O) groups excluding carboxylic acids is 1. The SMILES string of the molecule is COc1coc(C(=O)N2CCN(c3ncccc3C)CC2)cc1=O. The van der Waals surface area contributed by atoms with Crippen LogP contribution in [0.4, 0.5) is 5.82 Å². The number of methoxy groups -OCH3 is 1. The molecule has 3 rings (SSSR count). The molecule has 0 aromatic carbocycles. The van der Waals surface area contributed by atoms with Crippen LogP contribution in [0.5, 0.6) is 5.75 Å².